The molecule has 2 aromatic rings. The zero-order chi connectivity index (χ0) is 14.8. The van der Waals surface area contributed by atoms with Crippen molar-refractivity contribution < 1.29 is 13.9 Å². The van der Waals surface area contributed by atoms with E-state index in [9.17, 15) is 9.50 Å². The Balaban J connectivity index is 1.64. The van der Waals surface area contributed by atoms with Gasteiger partial charge in [-0.3, -0.25) is 4.90 Å². The van der Waals surface area contributed by atoms with Crippen LogP contribution in [0.4, 0.5) is 4.39 Å². The van der Waals surface area contributed by atoms with Crippen LogP contribution in [-0.2, 0) is 6.54 Å². The molecule has 2 unspecified atom stereocenters. The predicted octanol–water partition coefficient (Wildman–Crippen LogP) is 2.95. The molecule has 0 spiro atoms. The molecule has 0 bridgehead atoms. The molecule has 114 valence electrons. The van der Waals surface area contributed by atoms with Crippen LogP contribution >= 0.6 is 0 Å². The smallest absolute Gasteiger partial charge is 0.209 e. The highest BCUT2D eigenvalue weighted by Gasteiger charge is 2.24. The molecular formula is C16H21FN2O2. The highest BCUT2D eigenvalue weighted by Crippen LogP contribution is 2.25. The second kappa shape index (κ2) is 6.12. The number of nitrogens with zero attached hydrogens (tertiary/aromatic N) is 2. The third-order valence-corrected chi connectivity index (χ3v) is 4.21. The largest absolute Gasteiger partial charge is 0.439 e. The molecule has 0 aliphatic heterocycles. The first-order chi connectivity index (χ1) is 10.1. The molecule has 4 nitrogen and oxygen atoms in total. The minimum atomic E-state index is -0.305. The molecular weight excluding hydrogens is 271 g/mol. The number of fused-ring (bicyclic) bond motifs is 1. The molecule has 2 atom stereocenters. The summed E-state index contributed by atoms with van der Waals surface area (Å²) in [5, 5.41) is 10.0. The predicted molar refractivity (Wildman–Crippen MR) is 78.3 cm³/mol. The molecule has 1 aromatic heterocycles. The number of oxazole rings is 1. The van der Waals surface area contributed by atoms with E-state index < -0.39 is 0 Å². The molecule has 1 aliphatic rings. The van der Waals surface area contributed by atoms with Crippen molar-refractivity contribution in [2.75, 3.05) is 13.6 Å². The van der Waals surface area contributed by atoms with Crippen molar-refractivity contribution >= 4 is 11.1 Å². The summed E-state index contributed by atoms with van der Waals surface area (Å²) in [6.45, 7) is 1.40. The second-order valence-electron chi connectivity index (χ2n) is 6.03. The minimum Gasteiger partial charge on any atom is -0.439 e. The van der Waals surface area contributed by atoms with Gasteiger partial charge in [0, 0.05) is 12.6 Å². The highest BCUT2D eigenvalue weighted by atomic mass is 19.1. The molecule has 3 rings (SSSR count). The molecule has 0 radical (unpaired) electrons. The number of halogens is 1. The van der Waals surface area contributed by atoms with Gasteiger partial charge < -0.3 is 9.52 Å². The standard InChI is InChI=1S/C16H21FN2O2/c1-19(9-11-4-2-3-5-14(11)20)10-16-18-13-8-12(17)6-7-15(13)21-16/h6-8,11,14,20H,2-5,9-10H2,1H3. The Bertz CT molecular complexity index is 613. The van der Waals surface area contributed by atoms with Gasteiger partial charge >= 0.3 is 0 Å². The summed E-state index contributed by atoms with van der Waals surface area (Å²) in [6, 6.07) is 4.36. The minimum absolute atomic E-state index is 0.195. The van der Waals surface area contributed by atoms with Crippen molar-refractivity contribution in [3.05, 3.63) is 29.9 Å². The van der Waals surface area contributed by atoms with E-state index in [1.807, 2.05) is 7.05 Å². The Kier molecular flexibility index (Phi) is 4.22. The van der Waals surface area contributed by atoms with Crippen LogP contribution in [-0.4, -0.2) is 34.7 Å². The van der Waals surface area contributed by atoms with Crippen molar-refractivity contribution in [3.63, 3.8) is 0 Å². The molecule has 0 saturated heterocycles. The number of aromatic nitrogens is 1. The van der Waals surface area contributed by atoms with Gasteiger partial charge in [-0.05, 0) is 37.9 Å². The third-order valence-electron chi connectivity index (χ3n) is 4.21. The quantitative estimate of drug-likeness (QED) is 0.941. The van der Waals surface area contributed by atoms with Crippen LogP contribution in [0.15, 0.2) is 22.6 Å². The molecule has 1 aromatic carbocycles. The number of hydrogen-bond donors (Lipinski definition) is 1. The van der Waals surface area contributed by atoms with E-state index in [2.05, 4.69) is 9.88 Å². The summed E-state index contributed by atoms with van der Waals surface area (Å²) in [5.74, 6) is 0.606. The Hall–Kier alpha value is -1.46. The highest BCUT2D eigenvalue weighted by molar-refractivity contribution is 5.72. The van der Waals surface area contributed by atoms with Gasteiger partial charge in [0.1, 0.15) is 11.3 Å². The fourth-order valence-electron chi connectivity index (χ4n) is 3.11. The van der Waals surface area contributed by atoms with Crippen LogP contribution in [0.3, 0.4) is 0 Å². The monoisotopic (exact) mass is 292 g/mol. The van der Waals surface area contributed by atoms with E-state index >= 15 is 0 Å². The van der Waals surface area contributed by atoms with Gasteiger partial charge in [-0.15, -0.1) is 0 Å². The summed E-state index contributed by atoms with van der Waals surface area (Å²) in [7, 11) is 2.00. The lowest BCUT2D eigenvalue weighted by atomic mass is 9.86. The topological polar surface area (TPSA) is 49.5 Å². The van der Waals surface area contributed by atoms with Gasteiger partial charge in [0.2, 0.25) is 5.89 Å². The van der Waals surface area contributed by atoms with Gasteiger partial charge in [0.05, 0.1) is 12.6 Å². The van der Waals surface area contributed by atoms with E-state index in [0.29, 0.717) is 29.5 Å². The Morgan fingerprint density at radius 3 is 3.00 bits per heavy atom. The Morgan fingerprint density at radius 1 is 1.38 bits per heavy atom. The maximum Gasteiger partial charge on any atom is 0.209 e. The zero-order valence-electron chi connectivity index (χ0n) is 12.3. The maximum absolute atomic E-state index is 13.1. The summed E-state index contributed by atoms with van der Waals surface area (Å²) in [5.41, 5.74) is 1.16. The lowest BCUT2D eigenvalue weighted by Gasteiger charge is -2.30. The van der Waals surface area contributed by atoms with E-state index in [-0.39, 0.29) is 11.9 Å². The molecule has 21 heavy (non-hydrogen) atoms. The van der Waals surface area contributed by atoms with Crippen molar-refractivity contribution in [1.82, 2.24) is 9.88 Å². The van der Waals surface area contributed by atoms with Crippen molar-refractivity contribution in [1.29, 1.82) is 0 Å². The maximum atomic E-state index is 13.1. The average molecular weight is 292 g/mol. The lowest BCUT2D eigenvalue weighted by molar-refractivity contribution is 0.0488. The van der Waals surface area contributed by atoms with E-state index in [4.69, 9.17) is 4.42 Å². The van der Waals surface area contributed by atoms with Gasteiger partial charge in [0.15, 0.2) is 5.58 Å². The number of rotatable bonds is 4. The van der Waals surface area contributed by atoms with Gasteiger partial charge in [-0.25, -0.2) is 9.37 Å². The molecule has 5 heteroatoms. The average Bonchev–Trinajstić information content (AvgIpc) is 2.82. The number of aliphatic hydroxyl groups excluding tert-OH is 1. The number of aliphatic hydroxyl groups is 1. The van der Waals surface area contributed by atoms with Crippen molar-refractivity contribution in [2.45, 2.75) is 38.3 Å². The summed E-state index contributed by atoms with van der Waals surface area (Å²) >= 11 is 0. The van der Waals surface area contributed by atoms with Crippen LogP contribution in [0, 0.1) is 11.7 Å². The molecule has 1 saturated carbocycles. The molecule has 1 aliphatic carbocycles. The molecule has 1 fully saturated rings. The summed E-state index contributed by atoms with van der Waals surface area (Å²) < 4.78 is 18.8. The fourth-order valence-corrected chi connectivity index (χ4v) is 3.11. The second-order valence-corrected chi connectivity index (χ2v) is 6.03. The van der Waals surface area contributed by atoms with Crippen molar-refractivity contribution in [2.24, 2.45) is 5.92 Å². The van der Waals surface area contributed by atoms with E-state index in [1.54, 1.807) is 6.07 Å². The Labute approximate surface area is 123 Å². The normalized spacial score (nSPS) is 23.0. The molecule has 0 amide bonds. The molecule has 1 N–H and O–H groups in total. The van der Waals surface area contributed by atoms with Crippen LogP contribution in [0.1, 0.15) is 31.6 Å². The van der Waals surface area contributed by atoms with E-state index in [0.717, 1.165) is 25.8 Å². The first-order valence-corrected chi connectivity index (χ1v) is 7.53. The SMILES string of the molecule is CN(Cc1nc2cc(F)ccc2o1)CC1CCCCC1O. The van der Waals surface area contributed by atoms with Crippen LogP contribution in [0.25, 0.3) is 11.1 Å². The summed E-state index contributed by atoms with van der Waals surface area (Å²) in [6.07, 6.45) is 4.10. The van der Waals surface area contributed by atoms with Crippen LogP contribution in [0.2, 0.25) is 0 Å². The first kappa shape index (κ1) is 14.5. The van der Waals surface area contributed by atoms with Gasteiger partial charge in [-0.2, -0.15) is 0 Å². The number of benzene rings is 1. The first-order valence-electron chi connectivity index (χ1n) is 7.53. The summed E-state index contributed by atoms with van der Waals surface area (Å²) in [4.78, 5) is 6.43. The van der Waals surface area contributed by atoms with Crippen LogP contribution < -0.4 is 0 Å². The Morgan fingerprint density at radius 2 is 2.19 bits per heavy atom. The molecule has 1 heterocycles. The third kappa shape index (κ3) is 3.41. The van der Waals surface area contributed by atoms with E-state index in [1.165, 1.54) is 18.6 Å². The number of hydrogen-bond acceptors (Lipinski definition) is 4. The van der Waals surface area contributed by atoms with Crippen molar-refractivity contribution in [3.8, 4) is 0 Å². The fraction of sp³-hybridized carbons (Fsp3) is 0.562. The van der Waals surface area contributed by atoms with Gasteiger partial charge in [-0.1, -0.05) is 12.8 Å². The lowest BCUT2D eigenvalue weighted by Crippen LogP contribution is -2.34. The zero-order valence-corrected chi connectivity index (χ0v) is 12.3. The van der Waals surface area contributed by atoms with Crippen LogP contribution in [0.5, 0.6) is 0 Å². The van der Waals surface area contributed by atoms with Gasteiger partial charge in [0.25, 0.3) is 0 Å².